The second kappa shape index (κ2) is 7.13. The van der Waals surface area contributed by atoms with Crippen LogP contribution in [0.3, 0.4) is 0 Å². The van der Waals surface area contributed by atoms with Crippen LogP contribution in [0.25, 0.3) is 0 Å². The monoisotopic (exact) mass is 252 g/mol. The molecule has 0 radical (unpaired) electrons. The molecule has 0 aliphatic rings. The fraction of sp³-hybridized carbons (Fsp3) is 0.368. The molecule has 2 unspecified atom stereocenters. The van der Waals surface area contributed by atoms with Crippen molar-refractivity contribution in [1.82, 2.24) is 0 Å². The minimum Gasteiger partial charge on any atom is -0.0622 e. The number of hydrogen-bond acceptors (Lipinski definition) is 0. The zero-order valence-corrected chi connectivity index (χ0v) is 12.0. The molecule has 2 aromatic carbocycles. The summed E-state index contributed by atoms with van der Waals surface area (Å²) in [6, 6.07) is 21.7. The lowest BCUT2D eigenvalue weighted by Crippen LogP contribution is -1.97. The van der Waals surface area contributed by atoms with Crippen LogP contribution >= 0.6 is 0 Å². The van der Waals surface area contributed by atoms with E-state index in [1.165, 1.54) is 30.4 Å². The summed E-state index contributed by atoms with van der Waals surface area (Å²) >= 11 is 0. The van der Waals surface area contributed by atoms with Crippen molar-refractivity contribution in [2.24, 2.45) is 0 Å². The van der Waals surface area contributed by atoms with E-state index in [9.17, 15) is 0 Å². The van der Waals surface area contributed by atoms with Crippen molar-refractivity contribution >= 4 is 0 Å². The molecule has 0 fully saturated rings. The van der Waals surface area contributed by atoms with Gasteiger partial charge in [-0.15, -0.1) is 0 Å². The van der Waals surface area contributed by atoms with Crippen LogP contribution in [0.2, 0.25) is 0 Å². The van der Waals surface area contributed by atoms with Gasteiger partial charge in [0.05, 0.1) is 0 Å². The van der Waals surface area contributed by atoms with Crippen LogP contribution in [-0.2, 0) is 0 Å². The van der Waals surface area contributed by atoms with Gasteiger partial charge in [-0.05, 0) is 35.8 Å². The molecule has 0 heteroatoms. The van der Waals surface area contributed by atoms with E-state index in [1.807, 2.05) is 0 Å². The first-order chi connectivity index (χ1) is 9.27. The summed E-state index contributed by atoms with van der Waals surface area (Å²) in [5.41, 5.74) is 2.93. The first-order valence-corrected chi connectivity index (χ1v) is 7.37. The largest absolute Gasteiger partial charge is 0.0622 e. The van der Waals surface area contributed by atoms with E-state index in [-0.39, 0.29) is 0 Å². The van der Waals surface area contributed by atoms with Crippen LogP contribution in [0.5, 0.6) is 0 Å². The smallest absolute Gasteiger partial charge is 0.0190 e. The van der Waals surface area contributed by atoms with Gasteiger partial charge < -0.3 is 0 Å². The number of rotatable bonds is 6. The van der Waals surface area contributed by atoms with Gasteiger partial charge in [0, 0.05) is 0 Å². The normalized spacial score (nSPS) is 14.0. The molecule has 0 saturated carbocycles. The van der Waals surface area contributed by atoms with Gasteiger partial charge in [-0.3, -0.25) is 0 Å². The Bertz CT molecular complexity index is 412. The van der Waals surface area contributed by atoms with E-state index in [0.717, 1.165) is 0 Å². The maximum atomic E-state index is 2.34. The van der Waals surface area contributed by atoms with Gasteiger partial charge in [0.25, 0.3) is 0 Å². The molecule has 0 heterocycles. The lowest BCUT2D eigenvalue weighted by molar-refractivity contribution is 0.561. The molecule has 19 heavy (non-hydrogen) atoms. The Morgan fingerprint density at radius 2 is 1.00 bits per heavy atom. The summed E-state index contributed by atoms with van der Waals surface area (Å²) in [6.45, 7) is 4.67. The predicted octanol–water partition coefficient (Wildman–Crippen LogP) is 5.76. The van der Waals surface area contributed by atoms with E-state index in [1.54, 1.807) is 0 Å². The third-order valence-corrected chi connectivity index (χ3v) is 4.01. The minimum atomic E-state index is 0.671. The van der Waals surface area contributed by atoms with E-state index >= 15 is 0 Å². The molecule has 100 valence electrons. The second-order valence-corrected chi connectivity index (χ2v) is 5.55. The average molecular weight is 252 g/mol. The van der Waals surface area contributed by atoms with E-state index in [4.69, 9.17) is 0 Å². The zero-order valence-electron chi connectivity index (χ0n) is 12.0. The standard InChI is InChI=1S/C19H24/c1-16(18-12-5-3-6-13-18)10-9-11-17(2)19-14-7-4-8-15-19/h3-8,12-17H,9-11H2,1-2H3. The summed E-state index contributed by atoms with van der Waals surface area (Å²) < 4.78 is 0. The molecule has 2 atom stereocenters. The molecule has 0 spiro atoms. The molecule has 0 nitrogen and oxygen atoms in total. The molecule has 0 amide bonds. The summed E-state index contributed by atoms with van der Waals surface area (Å²) in [7, 11) is 0. The summed E-state index contributed by atoms with van der Waals surface area (Å²) in [5.74, 6) is 1.34. The Kier molecular flexibility index (Phi) is 5.20. The van der Waals surface area contributed by atoms with Crippen LogP contribution in [0.4, 0.5) is 0 Å². The summed E-state index contributed by atoms with van der Waals surface area (Å²) in [6.07, 6.45) is 3.86. The van der Waals surface area contributed by atoms with Crippen LogP contribution in [0.15, 0.2) is 60.7 Å². The molecule has 0 aliphatic carbocycles. The first-order valence-electron chi connectivity index (χ1n) is 7.37. The summed E-state index contributed by atoms with van der Waals surface area (Å²) in [4.78, 5) is 0. The minimum absolute atomic E-state index is 0.671. The number of hydrogen-bond donors (Lipinski definition) is 0. The van der Waals surface area contributed by atoms with Crippen molar-refractivity contribution in [2.45, 2.75) is 44.9 Å². The Morgan fingerprint density at radius 3 is 1.37 bits per heavy atom. The van der Waals surface area contributed by atoms with Crippen molar-refractivity contribution in [3.63, 3.8) is 0 Å². The fourth-order valence-electron chi connectivity index (χ4n) is 2.63. The Morgan fingerprint density at radius 1 is 0.632 bits per heavy atom. The molecule has 2 aromatic rings. The van der Waals surface area contributed by atoms with Gasteiger partial charge in [-0.1, -0.05) is 80.9 Å². The highest BCUT2D eigenvalue weighted by atomic mass is 14.1. The van der Waals surface area contributed by atoms with Crippen LogP contribution in [0.1, 0.15) is 56.1 Å². The average Bonchev–Trinajstić information content (AvgIpc) is 2.49. The highest BCUT2D eigenvalue weighted by Gasteiger charge is 2.08. The van der Waals surface area contributed by atoms with Gasteiger partial charge in [0.1, 0.15) is 0 Å². The van der Waals surface area contributed by atoms with E-state index < -0.39 is 0 Å². The van der Waals surface area contributed by atoms with Gasteiger partial charge in [-0.25, -0.2) is 0 Å². The van der Waals surface area contributed by atoms with Gasteiger partial charge >= 0.3 is 0 Å². The third kappa shape index (κ3) is 4.24. The lowest BCUT2D eigenvalue weighted by Gasteiger charge is -2.15. The SMILES string of the molecule is CC(CCCC(C)c1ccccc1)c1ccccc1. The maximum Gasteiger partial charge on any atom is -0.0190 e. The molecule has 0 aliphatic heterocycles. The highest BCUT2D eigenvalue weighted by molar-refractivity contribution is 5.19. The van der Waals surface area contributed by atoms with Gasteiger partial charge in [0.15, 0.2) is 0 Å². The quantitative estimate of drug-likeness (QED) is 0.612. The topological polar surface area (TPSA) is 0 Å². The molecule has 0 aromatic heterocycles. The van der Waals surface area contributed by atoms with Crippen LogP contribution in [-0.4, -0.2) is 0 Å². The third-order valence-electron chi connectivity index (χ3n) is 4.01. The van der Waals surface area contributed by atoms with Crippen LogP contribution < -0.4 is 0 Å². The van der Waals surface area contributed by atoms with Crippen molar-refractivity contribution in [2.75, 3.05) is 0 Å². The molecular weight excluding hydrogens is 228 g/mol. The molecule has 0 N–H and O–H groups in total. The maximum absolute atomic E-state index is 2.34. The van der Waals surface area contributed by atoms with Crippen molar-refractivity contribution < 1.29 is 0 Å². The van der Waals surface area contributed by atoms with Crippen molar-refractivity contribution in [1.29, 1.82) is 0 Å². The van der Waals surface area contributed by atoms with E-state index in [2.05, 4.69) is 74.5 Å². The first kappa shape index (κ1) is 13.9. The Labute approximate surface area is 117 Å². The van der Waals surface area contributed by atoms with Crippen molar-refractivity contribution in [3.8, 4) is 0 Å². The Hall–Kier alpha value is -1.56. The van der Waals surface area contributed by atoms with Crippen LogP contribution in [0, 0.1) is 0 Å². The highest BCUT2D eigenvalue weighted by Crippen LogP contribution is 2.26. The fourth-order valence-corrected chi connectivity index (χ4v) is 2.63. The predicted molar refractivity (Wildman–Crippen MR) is 83.6 cm³/mol. The number of benzene rings is 2. The molecule has 0 bridgehead atoms. The second-order valence-electron chi connectivity index (χ2n) is 5.55. The molecule has 0 saturated heterocycles. The van der Waals surface area contributed by atoms with E-state index in [0.29, 0.717) is 11.8 Å². The van der Waals surface area contributed by atoms with Crippen molar-refractivity contribution in [3.05, 3.63) is 71.8 Å². The lowest BCUT2D eigenvalue weighted by atomic mass is 9.91. The summed E-state index contributed by atoms with van der Waals surface area (Å²) in [5, 5.41) is 0. The molecular formula is C19H24. The van der Waals surface area contributed by atoms with Gasteiger partial charge in [-0.2, -0.15) is 0 Å². The zero-order chi connectivity index (χ0) is 13.5. The Balaban J connectivity index is 1.78. The van der Waals surface area contributed by atoms with Gasteiger partial charge in [0.2, 0.25) is 0 Å². The molecule has 2 rings (SSSR count).